The van der Waals surface area contributed by atoms with Gasteiger partial charge in [0.25, 0.3) is 5.91 Å². The van der Waals surface area contributed by atoms with Gasteiger partial charge in [0.05, 0.1) is 11.0 Å². The van der Waals surface area contributed by atoms with Crippen LogP contribution in [0.25, 0.3) is 11.0 Å². The monoisotopic (exact) mass is 366 g/mol. The average molecular weight is 366 g/mol. The van der Waals surface area contributed by atoms with Crippen molar-refractivity contribution in [1.82, 2.24) is 14.9 Å². The number of benzene rings is 2. The topological polar surface area (TPSA) is 127 Å². The number of rotatable bonds is 5. The number of hydrogen-bond donors (Lipinski definition) is 3. The van der Waals surface area contributed by atoms with E-state index in [1.165, 1.54) is 10.6 Å². The van der Waals surface area contributed by atoms with Gasteiger partial charge in [0.15, 0.2) is 0 Å². The summed E-state index contributed by atoms with van der Waals surface area (Å²) in [6.45, 7) is 2.32. The zero-order chi connectivity index (χ0) is 19.6. The average Bonchev–Trinajstić information content (AvgIpc) is 2.67. The van der Waals surface area contributed by atoms with E-state index in [0.29, 0.717) is 28.7 Å². The number of fused-ring (bicyclic) bond motifs is 1. The Kier molecular flexibility index (Phi) is 4.89. The van der Waals surface area contributed by atoms with Crippen molar-refractivity contribution in [3.63, 3.8) is 0 Å². The van der Waals surface area contributed by atoms with Crippen LogP contribution >= 0.6 is 0 Å². The zero-order valence-electron chi connectivity index (χ0n) is 14.6. The molecule has 0 aliphatic carbocycles. The largest absolute Gasteiger partial charge is 0.366 e. The van der Waals surface area contributed by atoms with Crippen molar-refractivity contribution < 1.29 is 9.59 Å². The summed E-state index contributed by atoms with van der Waals surface area (Å²) in [7, 11) is 0. The van der Waals surface area contributed by atoms with Gasteiger partial charge in [-0.05, 0) is 42.8 Å². The van der Waals surface area contributed by atoms with Crippen LogP contribution in [0.4, 0.5) is 0 Å². The van der Waals surface area contributed by atoms with Crippen LogP contribution in [-0.4, -0.2) is 21.4 Å². The quantitative estimate of drug-likeness (QED) is 0.576. The molecule has 3 rings (SSSR count). The summed E-state index contributed by atoms with van der Waals surface area (Å²) >= 11 is 0. The van der Waals surface area contributed by atoms with E-state index < -0.39 is 17.0 Å². The van der Waals surface area contributed by atoms with E-state index in [0.717, 1.165) is 5.56 Å². The third-order valence-electron chi connectivity index (χ3n) is 4.22. The number of carbonyl (C=O) groups excluding carboxylic acids is 2. The van der Waals surface area contributed by atoms with Crippen LogP contribution in [0.2, 0.25) is 0 Å². The van der Waals surface area contributed by atoms with Crippen LogP contribution < -0.4 is 22.2 Å². The summed E-state index contributed by atoms with van der Waals surface area (Å²) in [5, 5.41) is 2.75. The lowest BCUT2D eigenvalue weighted by Gasteiger charge is -2.10. The number of primary amides is 1. The van der Waals surface area contributed by atoms with E-state index in [1.807, 2.05) is 0 Å². The van der Waals surface area contributed by atoms with Crippen LogP contribution in [0.5, 0.6) is 0 Å². The maximum Gasteiger partial charge on any atom is 0.316 e. The van der Waals surface area contributed by atoms with Crippen molar-refractivity contribution in [3.8, 4) is 0 Å². The Balaban J connectivity index is 1.85. The second kappa shape index (κ2) is 7.28. The van der Waals surface area contributed by atoms with E-state index in [4.69, 9.17) is 5.73 Å². The molecule has 8 heteroatoms. The number of nitrogens with zero attached hydrogens (tertiary/aromatic N) is 1. The molecule has 0 saturated carbocycles. The Morgan fingerprint density at radius 1 is 1.11 bits per heavy atom. The predicted molar refractivity (Wildman–Crippen MR) is 101 cm³/mol. The molecule has 0 atom stereocenters. The lowest BCUT2D eigenvalue weighted by atomic mass is 10.1. The van der Waals surface area contributed by atoms with Crippen molar-refractivity contribution in [3.05, 3.63) is 79.9 Å². The minimum absolute atomic E-state index is 0.211. The van der Waals surface area contributed by atoms with Crippen LogP contribution in [0.15, 0.2) is 52.1 Å². The van der Waals surface area contributed by atoms with E-state index in [1.54, 1.807) is 43.3 Å². The van der Waals surface area contributed by atoms with Gasteiger partial charge >= 0.3 is 11.1 Å². The molecule has 0 bridgehead atoms. The molecule has 0 radical (unpaired) electrons. The number of aromatic amines is 1. The molecule has 1 heterocycles. The Hall–Kier alpha value is -3.68. The van der Waals surface area contributed by atoms with E-state index in [2.05, 4.69) is 10.3 Å². The van der Waals surface area contributed by atoms with Crippen LogP contribution in [0.3, 0.4) is 0 Å². The summed E-state index contributed by atoms with van der Waals surface area (Å²) in [5.74, 6) is -0.889. The fraction of sp³-hybridized carbons (Fsp3) is 0.158. The van der Waals surface area contributed by atoms with Crippen molar-refractivity contribution >= 4 is 22.8 Å². The highest BCUT2D eigenvalue weighted by molar-refractivity contribution is 5.97. The number of nitrogens with two attached hydrogens (primary N) is 1. The Bertz CT molecular complexity index is 1160. The van der Waals surface area contributed by atoms with E-state index in [9.17, 15) is 19.2 Å². The van der Waals surface area contributed by atoms with Crippen LogP contribution in [0.1, 0.15) is 33.2 Å². The standard InChI is InChI=1S/C19H18N4O4/c1-2-23-15-7-6-13(9-14(15)22-18(26)19(23)27)17(25)21-10-11-4-3-5-12(8-11)16(20)24/h3-9H,2,10H2,1H3,(H2,20,24)(H,21,25)(H,22,26). The van der Waals surface area contributed by atoms with Gasteiger partial charge in [0.2, 0.25) is 5.91 Å². The molecule has 0 unspecified atom stereocenters. The Morgan fingerprint density at radius 2 is 1.89 bits per heavy atom. The minimum Gasteiger partial charge on any atom is -0.366 e. The Morgan fingerprint density at radius 3 is 2.59 bits per heavy atom. The molecule has 4 N–H and O–H groups in total. The Labute approximate surface area is 153 Å². The van der Waals surface area contributed by atoms with Crippen LogP contribution in [0, 0.1) is 0 Å². The summed E-state index contributed by atoms with van der Waals surface area (Å²) in [6.07, 6.45) is 0. The molecule has 0 saturated heterocycles. The summed E-state index contributed by atoms with van der Waals surface area (Å²) < 4.78 is 1.35. The first kappa shape index (κ1) is 18.1. The fourth-order valence-corrected chi connectivity index (χ4v) is 2.85. The van der Waals surface area contributed by atoms with Gasteiger partial charge in [-0.1, -0.05) is 12.1 Å². The van der Waals surface area contributed by atoms with Gasteiger partial charge in [-0.2, -0.15) is 0 Å². The molecule has 8 nitrogen and oxygen atoms in total. The molecule has 0 aliphatic heterocycles. The minimum atomic E-state index is -0.731. The third kappa shape index (κ3) is 3.64. The lowest BCUT2D eigenvalue weighted by molar-refractivity contribution is 0.0950. The number of aryl methyl sites for hydroxylation is 1. The first-order chi connectivity index (χ1) is 12.9. The van der Waals surface area contributed by atoms with Gasteiger partial charge in [-0.25, -0.2) is 0 Å². The molecular weight excluding hydrogens is 348 g/mol. The maximum absolute atomic E-state index is 12.4. The van der Waals surface area contributed by atoms with Gasteiger partial charge in [0.1, 0.15) is 0 Å². The SMILES string of the molecule is CCn1c(=O)c(=O)[nH]c2cc(C(=O)NCc3cccc(C(N)=O)c3)ccc21. The number of hydrogen-bond acceptors (Lipinski definition) is 4. The molecule has 2 aromatic carbocycles. The molecule has 0 aliphatic rings. The summed E-state index contributed by atoms with van der Waals surface area (Å²) in [6, 6.07) is 11.4. The van der Waals surface area contributed by atoms with Gasteiger partial charge in [0, 0.05) is 24.2 Å². The molecule has 0 fully saturated rings. The molecule has 138 valence electrons. The number of H-pyrrole nitrogens is 1. The van der Waals surface area contributed by atoms with Crippen molar-refractivity contribution in [2.24, 2.45) is 5.73 Å². The lowest BCUT2D eigenvalue weighted by Crippen LogP contribution is -2.36. The second-order valence-electron chi connectivity index (χ2n) is 5.98. The van der Waals surface area contributed by atoms with Crippen molar-refractivity contribution in [2.45, 2.75) is 20.0 Å². The molecule has 1 aromatic heterocycles. The van der Waals surface area contributed by atoms with Gasteiger partial charge in [-0.15, -0.1) is 0 Å². The highest BCUT2D eigenvalue weighted by Gasteiger charge is 2.11. The normalized spacial score (nSPS) is 10.7. The first-order valence-corrected chi connectivity index (χ1v) is 8.34. The maximum atomic E-state index is 12.4. The highest BCUT2D eigenvalue weighted by atomic mass is 16.2. The van der Waals surface area contributed by atoms with Gasteiger partial charge in [-0.3, -0.25) is 19.2 Å². The molecule has 0 spiro atoms. The van der Waals surface area contributed by atoms with Crippen molar-refractivity contribution in [1.29, 1.82) is 0 Å². The third-order valence-corrected chi connectivity index (χ3v) is 4.22. The number of nitrogens with one attached hydrogen (secondary N) is 2. The highest BCUT2D eigenvalue weighted by Crippen LogP contribution is 2.12. The molecule has 3 aromatic rings. The van der Waals surface area contributed by atoms with E-state index >= 15 is 0 Å². The van der Waals surface area contributed by atoms with Crippen molar-refractivity contribution in [2.75, 3.05) is 0 Å². The summed E-state index contributed by atoms with van der Waals surface area (Å²) in [4.78, 5) is 49.8. The second-order valence-corrected chi connectivity index (χ2v) is 5.98. The smallest absolute Gasteiger partial charge is 0.316 e. The number of carbonyl (C=O) groups is 2. The van der Waals surface area contributed by atoms with Crippen LogP contribution in [-0.2, 0) is 13.1 Å². The predicted octanol–water partition coefficient (Wildman–Crippen LogP) is 0.739. The molecular formula is C19H18N4O4. The summed E-state index contributed by atoms with van der Waals surface area (Å²) in [5.41, 5.74) is 6.28. The van der Waals surface area contributed by atoms with E-state index in [-0.39, 0.29) is 12.5 Å². The van der Waals surface area contributed by atoms with Gasteiger partial charge < -0.3 is 20.6 Å². The number of amides is 2. The molecule has 27 heavy (non-hydrogen) atoms. The zero-order valence-corrected chi connectivity index (χ0v) is 14.6. The number of aromatic nitrogens is 2. The first-order valence-electron chi connectivity index (χ1n) is 8.34. The molecule has 2 amide bonds. The fourth-order valence-electron chi connectivity index (χ4n) is 2.85.